The van der Waals surface area contributed by atoms with Crippen molar-refractivity contribution in [1.29, 1.82) is 0 Å². The molecule has 3 nitrogen and oxygen atoms in total. The molecular weight excluding hydrogens is 188 g/mol. The molecule has 0 spiro atoms. The Morgan fingerprint density at radius 3 is 2.47 bits per heavy atom. The fraction of sp³-hybridized carbons (Fsp3) is 0.917. The van der Waals surface area contributed by atoms with Gasteiger partial charge < -0.3 is 11.1 Å². The molecule has 0 heterocycles. The molecule has 88 valence electrons. The van der Waals surface area contributed by atoms with Crippen molar-refractivity contribution >= 4 is 5.91 Å². The lowest BCUT2D eigenvalue weighted by Crippen LogP contribution is -2.37. The molecule has 0 saturated heterocycles. The van der Waals surface area contributed by atoms with Crippen LogP contribution in [-0.4, -0.2) is 18.0 Å². The Kier molecular flexibility index (Phi) is 5.69. The highest BCUT2D eigenvalue weighted by Crippen LogP contribution is 2.17. The van der Waals surface area contributed by atoms with Gasteiger partial charge in [0.2, 0.25) is 5.91 Å². The first-order valence-electron chi connectivity index (χ1n) is 6.27. The second-order valence-electron chi connectivity index (χ2n) is 4.63. The molecule has 1 unspecified atom stereocenters. The second-order valence-corrected chi connectivity index (χ2v) is 4.63. The normalized spacial score (nSPS) is 20.7. The predicted octanol–water partition coefficient (Wildman–Crippen LogP) is 1.95. The molecule has 0 radical (unpaired) electrons. The Labute approximate surface area is 92.8 Å². The molecule has 1 atom stereocenters. The summed E-state index contributed by atoms with van der Waals surface area (Å²) in [5.74, 6) is 0.135. The van der Waals surface area contributed by atoms with Crippen LogP contribution >= 0.6 is 0 Å². The number of nitrogens with two attached hydrogens (primary N) is 1. The first kappa shape index (κ1) is 12.5. The van der Waals surface area contributed by atoms with Crippen LogP contribution in [0.25, 0.3) is 0 Å². The third-order valence-electron chi connectivity index (χ3n) is 3.19. The van der Waals surface area contributed by atoms with Crippen LogP contribution in [0.3, 0.4) is 0 Å². The lowest BCUT2D eigenvalue weighted by Gasteiger charge is -2.17. The molecule has 3 N–H and O–H groups in total. The zero-order valence-corrected chi connectivity index (χ0v) is 9.80. The van der Waals surface area contributed by atoms with Crippen molar-refractivity contribution in [3.05, 3.63) is 0 Å². The Morgan fingerprint density at radius 2 is 1.93 bits per heavy atom. The molecule has 1 amide bonds. The van der Waals surface area contributed by atoms with Crippen molar-refractivity contribution in [3.8, 4) is 0 Å². The summed E-state index contributed by atoms with van der Waals surface area (Å²) < 4.78 is 0. The van der Waals surface area contributed by atoms with Crippen LogP contribution in [0.2, 0.25) is 0 Å². The molecule has 1 aliphatic rings. The molecule has 15 heavy (non-hydrogen) atoms. The molecule has 0 bridgehead atoms. The number of amides is 1. The van der Waals surface area contributed by atoms with Gasteiger partial charge in [-0.25, -0.2) is 0 Å². The molecule has 0 aliphatic heterocycles. The van der Waals surface area contributed by atoms with E-state index in [1.54, 1.807) is 0 Å². The third kappa shape index (κ3) is 5.17. The van der Waals surface area contributed by atoms with E-state index < -0.39 is 0 Å². The molecule has 3 heteroatoms. The van der Waals surface area contributed by atoms with Crippen LogP contribution in [0, 0.1) is 0 Å². The first-order chi connectivity index (χ1) is 7.22. The molecule has 0 aromatic heterocycles. The minimum absolute atomic E-state index is 0.0239. The van der Waals surface area contributed by atoms with Gasteiger partial charge >= 0.3 is 0 Å². The predicted molar refractivity (Wildman–Crippen MR) is 62.5 cm³/mol. The highest BCUT2D eigenvalue weighted by molar-refractivity contribution is 5.76. The van der Waals surface area contributed by atoms with Gasteiger partial charge in [0.15, 0.2) is 0 Å². The lowest BCUT2D eigenvalue weighted by atomic mass is 10.1. The highest BCUT2D eigenvalue weighted by Gasteiger charge is 2.15. The fourth-order valence-corrected chi connectivity index (χ4v) is 2.09. The molecule has 1 rings (SSSR count). The number of hydrogen-bond donors (Lipinski definition) is 2. The van der Waals surface area contributed by atoms with E-state index in [1.165, 1.54) is 25.7 Å². The van der Waals surface area contributed by atoms with Crippen LogP contribution in [0.4, 0.5) is 0 Å². The number of nitrogens with one attached hydrogen (secondary N) is 1. The summed E-state index contributed by atoms with van der Waals surface area (Å²) in [6.07, 6.45) is 8.79. The standard InChI is InChI=1S/C12H24N2O/c1-2-10(13)9-12(15)14-11-7-5-3-4-6-8-11/h10-11H,2-9,13H2,1H3,(H,14,15). The maximum atomic E-state index is 11.6. The Balaban J connectivity index is 2.23. The van der Waals surface area contributed by atoms with Gasteiger partial charge in [0.05, 0.1) is 0 Å². The zero-order valence-electron chi connectivity index (χ0n) is 9.80. The minimum atomic E-state index is 0.0239. The van der Waals surface area contributed by atoms with E-state index in [0.29, 0.717) is 12.5 Å². The second kappa shape index (κ2) is 6.83. The van der Waals surface area contributed by atoms with Crippen molar-refractivity contribution < 1.29 is 4.79 Å². The van der Waals surface area contributed by atoms with Crippen LogP contribution in [0.5, 0.6) is 0 Å². The zero-order chi connectivity index (χ0) is 11.1. The van der Waals surface area contributed by atoms with Crippen LogP contribution in [0.1, 0.15) is 58.3 Å². The van der Waals surface area contributed by atoms with E-state index in [4.69, 9.17) is 5.73 Å². The van der Waals surface area contributed by atoms with E-state index in [9.17, 15) is 4.79 Å². The molecule has 0 aromatic rings. The van der Waals surface area contributed by atoms with Gasteiger partial charge in [-0.2, -0.15) is 0 Å². The maximum Gasteiger partial charge on any atom is 0.221 e. The summed E-state index contributed by atoms with van der Waals surface area (Å²) in [6, 6.07) is 0.430. The van der Waals surface area contributed by atoms with Crippen molar-refractivity contribution in [2.24, 2.45) is 5.73 Å². The van der Waals surface area contributed by atoms with Gasteiger partial charge in [-0.3, -0.25) is 4.79 Å². The SMILES string of the molecule is CCC(N)CC(=O)NC1CCCCCC1. The van der Waals surface area contributed by atoms with E-state index in [1.807, 2.05) is 6.92 Å². The van der Waals surface area contributed by atoms with E-state index in [-0.39, 0.29) is 11.9 Å². The summed E-state index contributed by atoms with van der Waals surface area (Å²) in [7, 11) is 0. The minimum Gasteiger partial charge on any atom is -0.353 e. The number of carbonyl (C=O) groups is 1. The van der Waals surface area contributed by atoms with E-state index in [2.05, 4.69) is 5.32 Å². The van der Waals surface area contributed by atoms with E-state index in [0.717, 1.165) is 19.3 Å². The maximum absolute atomic E-state index is 11.6. The van der Waals surface area contributed by atoms with Crippen molar-refractivity contribution in [3.63, 3.8) is 0 Å². The fourth-order valence-electron chi connectivity index (χ4n) is 2.09. The topological polar surface area (TPSA) is 55.1 Å². The summed E-state index contributed by atoms with van der Waals surface area (Å²) in [5, 5.41) is 3.11. The first-order valence-corrected chi connectivity index (χ1v) is 6.27. The molecule has 1 saturated carbocycles. The Bertz CT molecular complexity index is 186. The van der Waals surface area contributed by atoms with Crippen LogP contribution < -0.4 is 11.1 Å². The van der Waals surface area contributed by atoms with Crippen LogP contribution in [0.15, 0.2) is 0 Å². The number of carbonyl (C=O) groups excluding carboxylic acids is 1. The van der Waals surface area contributed by atoms with Crippen molar-refractivity contribution in [1.82, 2.24) is 5.32 Å². The Hall–Kier alpha value is -0.570. The van der Waals surface area contributed by atoms with Gasteiger partial charge in [-0.1, -0.05) is 32.6 Å². The molecule has 1 fully saturated rings. The van der Waals surface area contributed by atoms with Gasteiger partial charge in [-0.15, -0.1) is 0 Å². The lowest BCUT2D eigenvalue weighted by molar-refractivity contribution is -0.122. The summed E-state index contributed by atoms with van der Waals surface area (Å²) in [4.78, 5) is 11.6. The largest absolute Gasteiger partial charge is 0.353 e. The summed E-state index contributed by atoms with van der Waals surface area (Å²) in [6.45, 7) is 2.02. The number of hydrogen-bond acceptors (Lipinski definition) is 2. The molecule has 0 aromatic carbocycles. The molecule has 1 aliphatic carbocycles. The monoisotopic (exact) mass is 212 g/mol. The third-order valence-corrected chi connectivity index (χ3v) is 3.19. The highest BCUT2D eigenvalue weighted by atomic mass is 16.1. The molecular formula is C12H24N2O. The van der Waals surface area contributed by atoms with Crippen molar-refractivity contribution in [2.75, 3.05) is 0 Å². The summed E-state index contributed by atoms with van der Waals surface area (Å²) in [5.41, 5.74) is 5.75. The number of rotatable bonds is 4. The van der Waals surface area contributed by atoms with Gasteiger partial charge in [0.1, 0.15) is 0 Å². The average molecular weight is 212 g/mol. The van der Waals surface area contributed by atoms with Gasteiger partial charge in [-0.05, 0) is 19.3 Å². The van der Waals surface area contributed by atoms with E-state index >= 15 is 0 Å². The summed E-state index contributed by atoms with van der Waals surface area (Å²) >= 11 is 0. The van der Waals surface area contributed by atoms with Crippen molar-refractivity contribution in [2.45, 2.75) is 70.4 Å². The quantitative estimate of drug-likeness (QED) is 0.700. The Morgan fingerprint density at radius 1 is 1.33 bits per heavy atom. The van der Waals surface area contributed by atoms with Gasteiger partial charge in [0, 0.05) is 18.5 Å². The van der Waals surface area contributed by atoms with Gasteiger partial charge in [0.25, 0.3) is 0 Å². The average Bonchev–Trinajstić information content (AvgIpc) is 2.46. The smallest absolute Gasteiger partial charge is 0.221 e. The van der Waals surface area contributed by atoms with Crippen LogP contribution in [-0.2, 0) is 4.79 Å².